The van der Waals surface area contributed by atoms with Crippen LogP contribution in [-0.4, -0.2) is 25.9 Å². The summed E-state index contributed by atoms with van der Waals surface area (Å²) in [7, 11) is 3.17. The summed E-state index contributed by atoms with van der Waals surface area (Å²) in [6.07, 6.45) is -2.80. The van der Waals surface area contributed by atoms with Gasteiger partial charge in [0.2, 0.25) is 0 Å². The van der Waals surface area contributed by atoms with Gasteiger partial charge < -0.3 is 20.1 Å². The van der Waals surface area contributed by atoms with Crippen molar-refractivity contribution in [3.05, 3.63) is 53.6 Å². The molecule has 27 heavy (non-hydrogen) atoms. The van der Waals surface area contributed by atoms with Gasteiger partial charge in [0.15, 0.2) is 16.6 Å². The highest BCUT2D eigenvalue weighted by Crippen LogP contribution is 2.30. The second-order valence-corrected chi connectivity index (χ2v) is 6.16. The number of ether oxygens (including phenoxy) is 2. The van der Waals surface area contributed by atoms with Crippen molar-refractivity contribution >= 4 is 23.0 Å². The van der Waals surface area contributed by atoms with Gasteiger partial charge >= 0.3 is 6.18 Å². The lowest BCUT2D eigenvalue weighted by Gasteiger charge is -2.13. The van der Waals surface area contributed by atoms with Crippen molar-refractivity contribution in [1.82, 2.24) is 5.32 Å². The van der Waals surface area contributed by atoms with Gasteiger partial charge in [-0.2, -0.15) is 13.2 Å². The molecular weight excluding hydrogens is 377 g/mol. The highest BCUT2D eigenvalue weighted by atomic mass is 32.1. The molecule has 0 bridgehead atoms. The van der Waals surface area contributed by atoms with Crippen molar-refractivity contribution in [2.75, 3.05) is 26.1 Å². The third-order valence-corrected chi connectivity index (χ3v) is 4.07. The number of thiocarbonyl (C=S) groups is 1. The first kappa shape index (κ1) is 20.8. The number of rotatable bonds is 7. The topological polar surface area (TPSA) is 42.5 Å². The van der Waals surface area contributed by atoms with Gasteiger partial charge in [-0.1, -0.05) is 12.1 Å². The minimum absolute atomic E-state index is 0.279. The molecule has 0 saturated heterocycles. The largest absolute Gasteiger partial charge is 0.493 e. The average molecular weight is 398 g/mol. The first-order chi connectivity index (χ1) is 12.8. The summed E-state index contributed by atoms with van der Waals surface area (Å²) in [5.41, 5.74) is 0.664. The summed E-state index contributed by atoms with van der Waals surface area (Å²) in [6, 6.07) is 10.6. The molecule has 8 heteroatoms. The van der Waals surface area contributed by atoms with E-state index in [0.717, 1.165) is 30.5 Å². The number of methoxy groups -OCH3 is 2. The number of hydrogen-bond acceptors (Lipinski definition) is 3. The van der Waals surface area contributed by atoms with Gasteiger partial charge in [-0.25, -0.2) is 0 Å². The fraction of sp³-hybridized carbons (Fsp3) is 0.316. The van der Waals surface area contributed by atoms with Gasteiger partial charge in [0.1, 0.15) is 0 Å². The number of anilines is 1. The number of hydrogen-bond donors (Lipinski definition) is 2. The minimum Gasteiger partial charge on any atom is -0.493 e. The number of benzene rings is 2. The Balaban J connectivity index is 1.80. The molecule has 0 heterocycles. The van der Waals surface area contributed by atoms with Gasteiger partial charge in [-0.15, -0.1) is 0 Å². The van der Waals surface area contributed by atoms with E-state index in [1.54, 1.807) is 14.2 Å². The molecule has 2 N–H and O–H groups in total. The fourth-order valence-electron chi connectivity index (χ4n) is 2.48. The first-order valence-electron chi connectivity index (χ1n) is 8.26. The van der Waals surface area contributed by atoms with Gasteiger partial charge in [0.05, 0.1) is 19.8 Å². The number of aryl methyl sites for hydroxylation is 1. The Morgan fingerprint density at radius 1 is 1.04 bits per heavy atom. The zero-order chi connectivity index (χ0) is 19.9. The van der Waals surface area contributed by atoms with Crippen LogP contribution in [0, 0.1) is 0 Å². The van der Waals surface area contributed by atoms with E-state index in [4.69, 9.17) is 21.7 Å². The summed E-state index contributed by atoms with van der Waals surface area (Å²) in [5.74, 6) is 1.34. The molecule has 0 aliphatic carbocycles. The lowest BCUT2D eigenvalue weighted by Crippen LogP contribution is -2.29. The Labute approximate surface area is 161 Å². The molecule has 0 atom stereocenters. The van der Waals surface area contributed by atoms with E-state index in [1.165, 1.54) is 12.1 Å². The number of alkyl halides is 3. The summed E-state index contributed by atoms with van der Waals surface area (Å²) >= 11 is 5.14. The van der Waals surface area contributed by atoms with Crippen LogP contribution in [0.2, 0.25) is 0 Å². The van der Waals surface area contributed by atoms with Crippen LogP contribution in [0.4, 0.5) is 18.9 Å². The Kier molecular flexibility index (Phi) is 7.29. The van der Waals surface area contributed by atoms with Crippen LogP contribution < -0.4 is 20.1 Å². The predicted octanol–water partition coefficient (Wildman–Crippen LogP) is 4.64. The van der Waals surface area contributed by atoms with Crippen molar-refractivity contribution in [2.24, 2.45) is 0 Å². The van der Waals surface area contributed by atoms with E-state index in [0.29, 0.717) is 23.7 Å². The molecule has 0 unspecified atom stereocenters. The highest BCUT2D eigenvalue weighted by molar-refractivity contribution is 7.80. The van der Waals surface area contributed by atoms with E-state index >= 15 is 0 Å². The second-order valence-electron chi connectivity index (χ2n) is 5.75. The molecule has 146 valence electrons. The molecule has 0 radical (unpaired) electrons. The third kappa shape index (κ3) is 6.32. The van der Waals surface area contributed by atoms with Crippen molar-refractivity contribution in [1.29, 1.82) is 0 Å². The summed E-state index contributed by atoms with van der Waals surface area (Å²) < 4.78 is 48.6. The molecule has 0 fully saturated rings. The fourth-order valence-corrected chi connectivity index (χ4v) is 2.70. The number of nitrogens with one attached hydrogen (secondary N) is 2. The number of halogens is 3. The van der Waals surface area contributed by atoms with Crippen molar-refractivity contribution in [3.8, 4) is 11.5 Å². The average Bonchev–Trinajstić information content (AvgIpc) is 2.64. The molecule has 0 aromatic heterocycles. The van der Waals surface area contributed by atoms with Gasteiger partial charge in [-0.3, -0.25) is 0 Å². The highest BCUT2D eigenvalue weighted by Gasteiger charge is 2.30. The second kappa shape index (κ2) is 9.45. The van der Waals surface area contributed by atoms with E-state index in [2.05, 4.69) is 10.6 Å². The van der Waals surface area contributed by atoms with Crippen molar-refractivity contribution < 1.29 is 22.6 Å². The van der Waals surface area contributed by atoms with Crippen LogP contribution in [-0.2, 0) is 12.6 Å². The lowest BCUT2D eigenvalue weighted by molar-refractivity contribution is -0.137. The maximum atomic E-state index is 12.7. The third-order valence-electron chi connectivity index (χ3n) is 3.82. The van der Waals surface area contributed by atoms with Crippen LogP contribution in [0.25, 0.3) is 0 Å². The Hall–Kier alpha value is -2.48. The van der Waals surface area contributed by atoms with Crippen LogP contribution in [0.15, 0.2) is 42.5 Å². The lowest BCUT2D eigenvalue weighted by atomic mass is 10.1. The molecule has 2 rings (SSSR count). The van der Waals surface area contributed by atoms with E-state index in [-0.39, 0.29) is 5.11 Å². The smallest absolute Gasteiger partial charge is 0.416 e. The molecule has 0 amide bonds. The minimum atomic E-state index is -4.38. The first-order valence-corrected chi connectivity index (χ1v) is 8.67. The maximum Gasteiger partial charge on any atom is 0.416 e. The van der Waals surface area contributed by atoms with E-state index < -0.39 is 11.7 Å². The van der Waals surface area contributed by atoms with E-state index in [9.17, 15) is 13.2 Å². The quantitative estimate of drug-likeness (QED) is 0.525. The Bertz CT molecular complexity index is 782. The predicted molar refractivity (Wildman–Crippen MR) is 104 cm³/mol. The van der Waals surface area contributed by atoms with Crippen LogP contribution in [0.1, 0.15) is 17.5 Å². The molecule has 0 aliphatic heterocycles. The maximum absolute atomic E-state index is 12.7. The molecule has 2 aromatic carbocycles. The van der Waals surface area contributed by atoms with Crippen molar-refractivity contribution in [2.45, 2.75) is 19.0 Å². The molecule has 0 spiro atoms. The molecule has 0 saturated carbocycles. The van der Waals surface area contributed by atoms with Crippen LogP contribution in [0.3, 0.4) is 0 Å². The zero-order valence-corrected chi connectivity index (χ0v) is 15.8. The summed E-state index contributed by atoms with van der Waals surface area (Å²) in [6.45, 7) is 0.582. The molecule has 0 aliphatic rings. The normalized spacial score (nSPS) is 11.0. The summed E-state index contributed by atoms with van der Waals surface area (Å²) in [5, 5.41) is 6.04. The van der Waals surface area contributed by atoms with Gasteiger partial charge in [-0.05, 0) is 61.0 Å². The zero-order valence-electron chi connectivity index (χ0n) is 15.0. The molecular formula is C19H21F3N2O2S. The Morgan fingerprint density at radius 3 is 2.44 bits per heavy atom. The SMILES string of the molecule is COc1ccc(CCCNC(=S)Nc2cccc(C(F)(F)F)c2)cc1OC. The summed E-state index contributed by atoms with van der Waals surface area (Å²) in [4.78, 5) is 0. The molecule has 2 aromatic rings. The monoisotopic (exact) mass is 398 g/mol. The molecule has 4 nitrogen and oxygen atoms in total. The van der Waals surface area contributed by atoms with Crippen LogP contribution in [0.5, 0.6) is 11.5 Å². The van der Waals surface area contributed by atoms with Gasteiger partial charge in [0.25, 0.3) is 0 Å². The van der Waals surface area contributed by atoms with Gasteiger partial charge in [0, 0.05) is 12.2 Å². The van der Waals surface area contributed by atoms with Crippen molar-refractivity contribution in [3.63, 3.8) is 0 Å². The Morgan fingerprint density at radius 2 is 1.78 bits per heavy atom. The van der Waals surface area contributed by atoms with Crippen LogP contribution >= 0.6 is 12.2 Å². The standard InChI is InChI=1S/C19H21F3N2O2S/c1-25-16-9-8-13(11-17(16)26-2)5-4-10-23-18(27)24-15-7-3-6-14(12-15)19(20,21)22/h3,6-9,11-12H,4-5,10H2,1-2H3,(H2,23,24,27). The van der Waals surface area contributed by atoms with E-state index in [1.807, 2.05) is 18.2 Å².